The molecule has 9 heavy (non-hydrogen) atoms. The molecule has 2 heteroatoms. The number of hydrogen-bond acceptors (Lipinski definition) is 2. The van der Waals surface area contributed by atoms with E-state index in [4.69, 9.17) is 0 Å². The fraction of sp³-hybridized carbons (Fsp3) is 0.429. The van der Waals surface area contributed by atoms with E-state index in [1.54, 1.807) is 6.20 Å². The van der Waals surface area contributed by atoms with E-state index in [0.29, 0.717) is 6.54 Å². The molecule has 0 atom stereocenters. The predicted octanol–water partition coefficient (Wildman–Crippen LogP) is 1.65. The van der Waals surface area contributed by atoms with E-state index in [2.05, 4.69) is 0 Å². The Labute approximate surface area is 55.1 Å². The van der Waals surface area contributed by atoms with E-state index in [9.17, 15) is 5.21 Å². The van der Waals surface area contributed by atoms with Crippen LogP contribution in [0.1, 0.15) is 13.8 Å². The van der Waals surface area contributed by atoms with Gasteiger partial charge in [-0.2, -0.15) is 0 Å². The third-order valence-corrected chi connectivity index (χ3v) is 1.23. The van der Waals surface area contributed by atoms with Crippen LogP contribution < -0.4 is 0 Å². The summed E-state index contributed by atoms with van der Waals surface area (Å²) in [5.41, 5.74) is 2.17. The minimum Gasteiger partial charge on any atom is -0.758 e. The van der Waals surface area contributed by atoms with Gasteiger partial charge in [0.1, 0.15) is 0 Å². The van der Waals surface area contributed by atoms with Gasteiger partial charge in [0.2, 0.25) is 0 Å². The van der Waals surface area contributed by atoms with Crippen molar-refractivity contribution in [3.8, 4) is 0 Å². The van der Waals surface area contributed by atoms with Crippen molar-refractivity contribution in [3.05, 3.63) is 28.6 Å². The summed E-state index contributed by atoms with van der Waals surface area (Å²) in [6.45, 7) is 4.41. The van der Waals surface area contributed by atoms with Crippen molar-refractivity contribution in [2.24, 2.45) is 0 Å². The average molecular weight is 124 g/mol. The minimum atomic E-state index is 0.525. The molecule has 0 amide bonds. The van der Waals surface area contributed by atoms with Gasteiger partial charge < -0.3 is 10.3 Å². The molecule has 1 rings (SSSR count). The predicted molar refractivity (Wildman–Crippen MR) is 37.6 cm³/mol. The summed E-state index contributed by atoms with van der Waals surface area (Å²) in [4.78, 5) is 0. The molecule has 0 aromatic carbocycles. The third-order valence-electron chi connectivity index (χ3n) is 1.23. The summed E-state index contributed by atoms with van der Waals surface area (Å²) < 4.78 is 0. The minimum absolute atomic E-state index is 0.525. The number of hydrogen-bond donors (Lipinski definition) is 0. The average Bonchev–Trinajstić information content (AvgIpc) is 1.59. The van der Waals surface area contributed by atoms with E-state index in [1.165, 1.54) is 0 Å². The molecule has 0 unspecified atom stereocenters. The van der Waals surface area contributed by atoms with E-state index in [1.807, 2.05) is 19.9 Å². The van der Waals surface area contributed by atoms with Crippen molar-refractivity contribution in [3.63, 3.8) is 0 Å². The zero-order valence-electron chi connectivity index (χ0n) is 5.72. The highest BCUT2D eigenvalue weighted by Crippen LogP contribution is 2.10. The molecule has 50 valence electrons. The van der Waals surface area contributed by atoms with E-state index >= 15 is 0 Å². The van der Waals surface area contributed by atoms with Gasteiger partial charge in [-0.25, -0.2) is 0 Å². The first-order chi connectivity index (χ1) is 4.18. The van der Waals surface area contributed by atoms with Gasteiger partial charge in [-0.05, 0) is 25.6 Å². The van der Waals surface area contributed by atoms with Crippen LogP contribution in [0.25, 0.3) is 0 Å². The van der Waals surface area contributed by atoms with Crippen molar-refractivity contribution in [1.29, 1.82) is 0 Å². The first-order valence-corrected chi connectivity index (χ1v) is 2.98. The van der Waals surface area contributed by atoms with Crippen molar-refractivity contribution in [2.75, 3.05) is 6.54 Å². The third kappa shape index (κ3) is 1.57. The molecule has 0 radical (unpaired) electrons. The second-order valence-corrected chi connectivity index (χ2v) is 2.44. The van der Waals surface area contributed by atoms with Crippen LogP contribution >= 0.6 is 0 Å². The molecule has 0 saturated heterocycles. The van der Waals surface area contributed by atoms with E-state index in [-0.39, 0.29) is 0 Å². The summed E-state index contributed by atoms with van der Waals surface area (Å²) in [6.07, 6.45) is 3.63. The van der Waals surface area contributed by atoms with Gasteiger partial charge in [0, 0.05) is 6.54 Å². The second kappa shape index (κ2) is 2.23. The lowest BCUT2D eigenvalue weighted by Crippen LogP contribution is -2.14. The Kier molecular flexibility index (Phi) is 1.58. The first-order valence-electron chi connectivity index (χ1n) is 2.98. The van der Waals surface area contributed by atoms with Crippen LogP contribution in [0.2, 0.25) is 0 Å². The van der Waals surface area contributed by atoms with Crippen LogP contribution in [0.3, 0.4) is 0 Å². The van der Waals surface area contributed by atoms with Gasteiger partial charge in [0.05, 0.1) is 0 Å². The second-order valence-electron chi connectivity index (χ2n) is 2.44. The normalized spacial score (nSPS) is 19.2. The maximum atomic E-state index is 10.7. The van der Waals surface area contributed by atoms with Gasteiger partial charge in [-0.3, -0.25) is 0 Å². The summed E-state index contributed by atoms with van der Waals surface area (Å²) in [5, 5.41) is 11.6. The van der Waals surface area contributed by atoms with Crippen LogP contribution in [0.5, 0.6) is 0 Å². The smallest absolute Gasteiger partial charge is 0.0270 e. The maximum Gasteiger partial charge on any atom is 0.0270 e. The fourth-order valence-electron chi connectivity index (χ4n) is 0.990. The number of nitrogens with zero attached hydrogens (tertiary/aromatic N) is 1. The molecule has 1 aliphatic heterocycles. The zero-order valence-corrected chi connectivity index (χ0v) is 5.72. The van der Waals surface area contributed by atoms with E-state index < -0.39 is 0 Å². The molecule has 1 aliphatic rings. The van der Waals surface area contributed by atoms with Gasteiger partial charge in [-0.15, -0.1) is 0 Å². The summed E-state index contributed by atoms with van der Waals surface area (Å²) in [6, 6.07) is 0. The summed E-state index contributed by atoms with van der Waals surface area (Å²) >= 11 is 0. The van der Waals surface area contributed by atoms with Crippen molar-refractivity contribution < 1.29 is 0 Å². The van der Waals surface area contributed by atoms with E-state index in [0.717, 1.165) is 16.2 Å². The first kappa shape index (κ1) is 6.36. The Balaban J connectivity index is 2.74. The topological polar surface area (TPSA) is 26.3 Å². The van der Waals surface area contributed by atoms with Crippen LogP contribution in [0.4, 0.5) is 0 Å². The molecule has 2 nitrogen and oxygen atoms in total. The highest BCUT2D eigenvalue weighted by molar-refractivity contribution is 5.25. The highest BCUT2D eigenvalue weighted by Gasteiger charge is 1.96. The summed E-state index contributed by atoms with van der Waals surface area (Å²) in [5.74, 6) is 0. The SMILES string of the molecule is CC1=CN([O-])CC(C)=C1. The molecule has 0 saturated carbocycles. The Hall–Kier alpha value is -0.760. The van der Waals surface area contributed by atoms with Crippen LogP contribution in [0, 0.1) is 5.21 Å². The molecule has 0 spiro atoms. The van der Waals surface area contributed by atoms with Crippen LogP contribution in [-0.2, 0) is 0 Å². The van der Waals surface area contributed by atoms with Crippen LogP contribution in [0.15, 0.2) is 23.4 Å². The van der Waals surface area contributed by atoms with Gasteiger partial charge in [0.25, 0.3) is 0 Å². The molecule has 0 aliphatic carbocycles. The maximum absolute atomic E-state index is 10.7. The molecular formula is C7H10NO-. The molecule has 1 heterocycles. The molecule has 0 aromatic heterocycles. The van der Waals surface area contributed by atoms with Crippen molar-refractivity contribution in [2.45, 2.75) is 13.8 Å². The number of hydroxylamine groups is 2. The molecular weight excluding hydrogens is 114 g/mol. The molecule has 0 fully saturated rings. The molecule has 0 N–H and O–H groups in total. The lowest BCUT2D eigenvalue weighted by Gasteiger charge is -2.30. The largest absolute Gasteiger partial charge is 0.758 e. The lowest BCUT2D eigenvalue weighted by atomic mass is 10.1. The van der Waals surface area contributed by atoms with Gasteiger partial charge >= 0.3 is 0 Å². The van der Waals surface area contributed by atoms with Crippen molar-refractivity contribution >= 4 is 0 Å². The monoisotopic (exact) mass is 124 g/mol. The highest BCUT2D eigenvalue weighted by atomic mass is 16.5. The Morgan fingerprint density at radius 2 is 2.22 bits per heavy atom. The summed E-state index contributed by atoms with van der Waals surface area (Å²) in [7, 11) is 0. The fourth-order valence-corrected chi connectivity index (χ4v) is 0.990. The van der Waals surface area contributed by atoms with Crippen LogP contribution in [-0.4, -0.2) is 11.6 Å². The Bertz CT molecular complexity index is 170. The zero-order chi connectivity index (χ0) is 6.85. The Morgan fingerprint density at radius 1 is 1.56 bits per heavy atom. The van der Waals surface area contributed by atoms with Gasteiger partial charge in [-0.1, -0.05) is 11.6 Å². The quantitative estimate of drug-likeness (QED) is 0.490. The Morgan fingerprint density at radius 3 is 2.67 bits per heavy atom. The number of rotatable bonds is 0. The molecule has 0 aromatic rings. The number of allylic oxidation sites excluding steroid dienone is 2. The molecule has 0 bridgehead atoms. The van der Waals surface area contributed by atoms with Crippen molar-refractivity contribution in [1.82, 2.24) is 5.06 Å². The standard InChI is InChI=1S/C7H10NO/c1-6-3-7(2)5-8(9)4-6/h3-4H,5H2,1-2H3/q-1. The van der Waals surface area contributed by atoms with Gasteiger partial charge in [0.15, 0.2) is 0 Å². The lowest BCUT2D eigenvalue weighted by molar-refractivity contribution is 0.541.